The first-order valence-corrected chi connectivity index (χ1v) is 7.82. The van der Waals surface area contributed by atoms with Crippen molar-refractivity contribution in [1.29, 1.82) is 0 Å². The number of rotatable bonds is 4. The summed E-state index contributed by atoms with van der Waals surface area (Å²) in [7, 11) is 0. The van der Waals surface area contributed by atoms with Crippen molar-refractivity contribution >= 4 is 23.4 Å². The highest BCUT2D eigenvalue weighted by Crippen LogP contribution is 2.30. The molecule has 0 bridgehead atoms. The van der Waals surface area contributed by atoms with Gasteiger partial charge in [-0.15, -0.1) is 11.8 Å². The molecule has 0 saturated heterocycles. The van der Waals surface area contributed by atoms with Crippen LogP contribution in [-0.4, -0.2) is 11.7 Å². The number of thioether (sulfide) groups is 1. The SMILES string of the molecule is OCCC#Cc1ccc(CSc2ccccc2Cl)c(F)c1. The molecular formula is C17H14ClFOS. The van der Waals surface area contributed by atoms with E-state index in [0.717, 1.165) is 4.90 Å². The number of aliphatic hydroxyl groups excluding tert-OH is 1. The van der Waals surface area contributed by atoms with E-state index in [2.05, 4.69) is 11.8 Å². The zero-order chi connectivity index (χ0) is 15.1. The van der Waals surface area contributed by atoms with Crippen molar-refractivity contribution in [2.24, 2.45) is 0 Å². The van der Waals surface area contributed by atoms with Crippen LogP contribution in [-0.2, 0) is 5.75 Å². The Labute approximate surface area is 133 Å². The van der Waals surface area contributed by atoms with Crippen LogP contribution in [0.3, 0.4) is 0 Å². The molecule has 0 aromatic heterocycles. The molecule has 0 heterocycles. The van der Waals surface area contributed by atoms with Crippen LogP contribution in [0.4, 0.5) is 4.39 Å². The van der Waals surface area contributed by atoms with E-state index in [1.54, 1.807) is 12.1 Å². The number of aliphatic hydroxyl groups is 1. The first-order chi connectivity index (χ1) is 10.2. The Bertz CT molecular complexity index is 676. The lowest BCUT2D eigenvalue weighted by atomic mass is 10.1. The minimum Gasteiger partial charge on any atom is -0.395 e. The highest BCUT2D eigenvalue weighted by molar-refractivity contribution is 7.98. The van der Waals surface area contributed by atoms with Crippen LogP contribution in [0.25, 0.3) is 0 Å². The fourth-order valence-corrected chi connectivity index (χ4v) is 2.91. The van der Waals surface area contributed by atoms with Gasteiger partial charge in [0.25, 0.3) is 0 Å². The number of halogens is 2. The van der Waals surface area contributed by atoms with Gasteiger partial charge in [0.1, 0.15) is 5.82 Å². The van der Waals surface area contributed by atoms with E-state index in [9.17, 15) is 4.39 Å². The highest BCUT2D eigenvalue weighted by atomic mass is 35.5. The normalized spacial score (nSPS) is 10.0. The first-order valence-electron chi connectivity index (χ1n) is 6.46. The lowest BCUT2D eigenvalue weighted by Crippen LogP contribution is -1.89. The van der Waals surface area contributed by atoms with Crippen LogP contribution in [0.1, 0.15) is 17.5 Å². The van der Waals surface area contributed by atoms with Gasteiger partial charge >= 0.3 is 0 Å². The van der Waals surface area contributed by atoms with E-state index in [1.165, 1.54) is 17.8 Å². The molecule has 0 unspecified atom stereocenters. The average Bonchev–Trinajstić information content (AvgIpc) is 2.48. The van der Waals surface area contributed by atoms with E-state index in [0.29, 0.717) is 28.3 Å². The summed E-state index contributed by atoms with van der Waals surface area (Å²) in [5, 5.41) is 9.33. The summed E-state index contributed by atoms with van der Waals surface area (Å²) in [6.07, 6.45) is 0.395. The Morgan fingerprint density at radius 2 is 2.00 bits per heavy atom. The second kappa shape index (κ2) is 8.09. The lowest BCUT2D eigenvalue weighted by molar-refractivity contribution is 0.305. The fourth-order valence-electron chi connectivity index (χ4n) is 1.68. The van der Waals surface area contributed by atoms with E-state index in [1.807, 2.05) is 24.3 Å². The lowest BCUT2D eigenvalue weighted by Gasteiger charge is -2.05. The van der Waals surface area contributed by atoms with E-state index >= 15 is 0 Å². The molecule has 1 nitrogen and oxygen atoms in total. The molecule has 2 aromatic rings. The van der Waals surface area contributed by atoms with Gasteiger partial charge in [-0.2, -0.15) is 0 Å². The molecule has 0 fully saturated rings. The molecule has 0 aliphatic heterocycles. The van der Waals surface area contributed by atoms with Crippen LogP contribution in [0, 0.1) is 17.7 Å². The summed E-state index contributed by atoms with van der Waals surface area (Å²) in [6.45, 7) is 0.0159. The summed E-state index contributed by atoms with van der Waals surface area (Å²) < 4.78 is 14.0. The van der Waals surface area contributed by atoms with Crippen LogP contribution in [0.2, 0.25) is 5.02 Å². The van der Waals surface area contributed by atoms with Crippen molar-refractivity contribution in [3.8, 4) is 11.8 Å². The summed E-state index contributed by atoms with van der Waals surface area (Å²) >= 11 is 7.57. The minimum atomic E-state index is -0.273. The maximum absolute atomic E-state index is 14.0. The van der Waals surface area contributed by atoms with Crippen molar-refractivity contribution in [3.63, 3.8) is 0 Å². The molecule has 21 heavy (non-hydrogen) atoms. The van der Waals surface area contributed by atoms with Crippen LogP contribution >= 0.6 is 23.4 Å². The van der Waals surface area contributed by atoms with Gasteiger partial charge < -0.3 is 5.11 Å². The topological polar surface area (TPSA) is 20.2 Å². The predicted octanol–water partition coefficient (Wildman–Crippen LogP) is 4.51. The zero-order valence-corrected chi connectivity index (χ0v) is 12.8. The van der Waals surface area contributed by atoms with E-state index < -0.39 is 0 Å². The summed E-state index contributed by atoms with van der Waals surface area (Å²) in [5.41, 5.74) is 1.24. The van der Waals surface area contributed by atoms with E-state index in [4.69, 9.17) is 16.7 Å². The van der Waals surface area contributed by atoms with Gasteiger partial charge in [-0.05, 0) is 29.8 Å². The summed E-state index contributed by atoms with van der Waals surface area (Å²) in [4.78, 5) is 0.936. The molecule has 0 amide bonds. The average molecular weight is 321 g/mol. The Morgan fingerprint density at radius 3 is 2.71 bits per heavy atom. The minimum absolute atomic E-state index is 0.0159. The highest BCUT2D eigenvalue weighted by Gasteiger charge is 2.05. The molecule has 108 valence electrons. The Kier molecular flexibility index (Phi) is 6.13. The van der Waals surface area contributed by atoms with Gasteiger partial charge in [0.15, 0.2) is 0 Å². The molecule has 0 atom stereocenters. The molecule has 1 N–H and O–H groups in total. The van der Waals surface area contributed by atoms with Crippen molar-refractivity contribution in [1.82, 2.24) is 0 Å². The Morgan fingerprint density at radius 1 is 1.19 bits per heavy atom. The summed E-state index contributed by atoms with van der Waals surface area (Å²) in [6, 6.07) is 12.5. The largest absolute Gasteiger partial charge is 0.395 e. The van der Waals surface area contributed by atoms with Crippen molar-refractivity contribution in [2.45, 2.75) is 17.1 Å². The van der Waals surface area contributed by atoms with Gasteiger partial charge in [0.05, 0.1) is 11.6 Å². The molecule has 0 saturated carbocycles. The quantitative estimate of drug-likeness (QED) is 0.661. The zero-order valence-electron chi connectivity index (χ0n) is 11.3. The third-order valence-electron chi connectivity index (χ3n) is 2.74. The molecule has 4 heteroatoms. The van der Waals surface area contributed by atoms with E-state index in [-0.39, 0.29) is 12.4 Å². The third-order valence-corrected chi connectivity index (χ3v) is 4.31. The number of hydrogen-bond donors (Lipinski definition) is 1. The maximum atomic E-state index is 14.0. The van der Waals surface area contributed by atoms with Crippen molar-refractivity contribution < 1.29 is 9.50 Å². The van der Waals surface area contributed by atoms with Crippen LogP contribution < -0.4 is 0 Å². The second-order valence-corrected chi connectivity index (χ2v) is 5.73. The monoisotopic (exact) mass is 320 g/mol. The molecule has 0 radical (unpaired) electrons. The number of hydrogen-bond acceptors (Lipinski definition) is 2. The van der Waals surface area contributed by atoms with Gasteiger partial charge in [-0.25, -0.2) is 4.39 Å². The molecule has 0 aliphatic rings. The van der Waals surface area contributed by atoms with Crippen LogP contribution in [0.5, 0.6) is 0 Å². The Balaban J connectivity index is 2.05. The Hall–Kier alpha value is -1.47. The molecule has 0 aliphatic carbocycles. The standard InChI is InChI=1S/C17H14ClFOS/c18-15-6-1-2-7-17(15)21-12-14-9-8-13(11-16(14)19)5-3-4-10-20/h1-2,6-9,11,20H,4,10,12H2. The van der Waals surface area contributed by atoms with Gasteiger partial charge in [0.2, 0.25) is 0 Å². The summed E-state index contributed by atoms with van der Waals surface area (Å²) in [5.74, 6) is 5.83. The second-order valence-electron chi connectivity index (χ2n) is 4.30. The molecular weight excluding hydrogens is 307 g/mol. The van der Waals surface area contributed by atoms with Gasteiger partial charge in [-0.1, -0.05) is 41.6 Å². The molecule has 0 spiro atoms. The van der Waals surface area contributed by atoms with Gasteiger partial charge in [0, 0.05) is 22.6 Å². The third kappa shape index (κ3) is 4.78. The maximum Gasteiger partial charge on any atom is 0.128 e. The number of benzene rings is 2. The first kappa shape index (κ1) is 15.9. The molecule has 2 rings (SSSR count). The van der Waals surface area contributed by atoms with Gasteiger partial charge in [-0.3, -0.25) is 0 Å². The van der Waals surface area contributed by atoms with Crippen molar-refractivity contribution in [2.75, 3.05) is 6.61 Å². The fraction of sp³-hybridized carbons (Fsp3) is 0.176. The van der Waals surface area contributed by atoms with Crippen LogP contribution in [0.15, 0.2) is 47.4 Å². The predicted molar refractivity (Wildman–Crippen MR) is 86.0 cm³/mol. The van der Waals surface area contributed by atoms with Crippen molar-refractivity contribution in [3.05, 3.63) is 64.4 Å². The molecule has 2 aromatic carbocycles. The smallest absolute Gasteiger partial charge is 0.128 e.